The number of halogens is 2. The highest BCUT2D eigenvalue weighted by Gasteiger charge is 2.22. The minimum Gasteiger partial charge on any atom is -0.465 e. The Morgan fingerprint density at radius 1 is 1.16 bits per heavy atom. The van der Waals surface area contributed by atoms with E-state index in [2.05, 4.69) is 4.99 Å². The number of aromatic nitrogens is 1. The van der Waals surface area contributed by atoms with Crippen molar-refractivity contribution in [3.05, 3.63) is 58.4 Å². The number of ether oxygens (including phenoxy) is 1. The van der Waals surface area contributed by atoms with Crippen LogP contribution in [0, 0.1) is 11.6 Å². The van der Waals surface area contributed by atoms with Crippen LogP contribution in [0.3, 0.4) is 0 Å². The van der Waals surface area contributed by atoms with Gasteiger partial charge in [-0.25, -0.2) is 17.2 Å². The van der Waals surface area contributed by atoms with E-state index in [9.17, 15) is 26.8 Å². The van der Waals surface area contributed by atoms with E-state index < -0.39 is 39.9 Å². The number of benzene rings is 2. The van der Waals surface area contributed by atoms with Gasteiger partial charge in [-0.2, -0.15) is 4.99 Å². The zero-order valence-electron chi connectivity index (χ0n) is 16.6. The third-order valence-electron chi connectivity index (χ3n) is 4.32. The van der Waals surface area contributed by atoms with Crippen LogP contribution in [-0.2, 0) is 25.9 Å². The third-order valence-corrected chi connectivity index (χ3v) is 7.13. The molecule has 164 valence electrons. The van der Waals surface area contributed by atoms with E-state index in [4.69, 9.17) is 4.74 Å². The van der Waals surface area contributed by atoms with Gasteiger partial charge >= 0.3 is 5.97 Å². The summed E-state index contributed by atoms with van der Waals surface area (Å²) in [7, 11) is -3.71. The maximum Gasteiger partial charge on any atom is 0.326 e. The van der Waals surface area contributed by atoms with Gasteiger partial charge in [-0.05, 0) is 25.1 Å². The number of sulfone groups is 1. The molecule has 0 unspecified atom stereocenters. The van der Waals surface area contributed by atoms with Gasteiger partial charge in [-0.1, -0.05) is 30.4 Å². The molecule has 11 heteroatoms. The van der Waals surface area contributed by atoms with Gasteiger partial charge in [0.1, 0.15) is 12.4 Å². The van der Waals surface area contributed by atoms with Crippen molar-refractivity contribution in [3.8, 4) is 0 Å². The fourth-order valence-corrected chi connectivity index (χ4v) is 5.07. The summed E-state index contributed by atoms with van der Waals surface area (Å²) >= 11 is 0.793. The molecule has 1 heterocycles. The van der Waals surface area contributed by atoms with Crippen molar-refractivity contribution in [1.82, 2.24) is 4.57 Å². The summed E-state index contributed by atoms with van der Waals surface area (Å²) < 4.78 is 59.0. The average Bonchev–Trinajstić information content (AvgIpc) is 3.04. The first kappa shape index (κ1) is 22.8. The predicted octanol–water partition coefficient (Wildman–Crippen LogP) is 3.08. The molecular weight excluding hydrogens is 450 g/mol. The second kappa shape index (κ2) is 9.06. The Morgan fingerprint density at radius 3 is 2.55 bits per heavy atom. The molecule has 0 bridgehead atoms. The molecule has 31 heavy (non-hydrogen) atoms. The molecular formula is C20H18F2N2O5S2. The molecule has 3 rings (SSSR count). The smallest absolute Gasteiger partial charge is 0.326 e. The Labute approximate surface area is 180 Å². The normalized spacial score (nSPS) is 12.3. The van der Waals surface area contributed by atoms with E-state index >= 15 is 0 Å². The van der Waals surface area contributed by atoms with Gasteiger partial charge in [0, 0.05) is 6.07 Å². The maximum absolute atomic E-state index is 14.5. The zero-order valence-corrected chi connectivity index (χ0v) is 18.2. The van der Waals surface area contributed by atoms with E-state index in [0.717, 1.165) is 22.0 Å². The molecule has 0 radical (unpaired) electrons. The van der Waals surface area contributed by atoms with Crippen LogP contribution in [0.1, 0.15) is 24.2 Å². The van der Waals surface area contributed by atoms with Gasteiger partial charge in [0.05, 0.1) is 33.0 Å². The van der Waals surface area contributed by atoms with Crippen LogP contribution in [0.25, 0.3) is 10.2 Å². The van der Waals surface area contributed by atoms with E-state index in [1.54, 1.807) is 6.92 Å². The highest BCUT2D eigenvalue weighted by molar-refractivity contribution is 7.91. The largest absolute Gasteiger partial charge is 0.465 e. The van der Waals surface area contributed by atoms with Crippen LogP contribution >= 0.6 is 11.3 Å². The lowest BCUT2D eigenvalue weighted by molar-refractivity contribution is -0.143. The van der Waals surface area contributed by atoms with Crippen LogP contribution in [0.15, 0.2) is 46.3 Å². The van der Waals surface area contributed by atoms with Crippen molar-refractivity contribution in [1.29, 1.82) is 0 Å². The molecule has 7 nitrogen and oxygen atoms in total. The molecule has 0 atom stereocenters. The monoisotopic (exact) mass is 468 g/mol. The number of hydrogen-bond acceptors (Lipinski definition) is 6. The molecule has 0 fully saturated rings. The number of nitrogens with zero attached hydrogens (tertiary/aromatic N) is 2. The number of fused-ring (bicyclic) bond motifs is 1. The summed E-state index contributed by atoms with van der Waals surface area (Å²) in [5, 5.41) is 0. The second-order valence-corrected chi connectivity index (χ2v) is 9.58. The van der Waals surface area contributed by atoms with Crippen molar-refractivity contribution >= 4 is 43.3 Å². The Kier molecular flexibility index (Phi) is 6.65. The van der Waals surface area contributed by atoms with Gasteiger partial charge in [-0.15, -0.1) is 0 Å². The van der Waals surface area contributed by atoms with Crippen LogP contribution in [0.4, 0.5) is 8.78 Å². The van der Waals surface area contributed by atoms with Crippen LogP contribution < -0.4 is 4.80 Å². The molecule has 0 aliphatic rings. The summed E-state index contributed by atoms with van der Waals surface area (Å²) in [5.41, 5.74) is -0.267. The van der Waals surface area contributed by atoms with Crippen molar-refractivity contribution in [2.24, 2.45) is 4.99 Å². The van der Waals surface area contributed by atoms with Crippen LogP contribution in [0.2, 0.25) is 0 Å². The predicted molar refractivity (Wildman–Crippen MR) is 110 cm³/mol. The molecule has 2 aromatic carbocycles. The average molecular weight is 469 g/mol. The fraction of sp³-hybridized carbons (Fsp3) is 0.250. The van der Waals surface area contributed by atoms with Crippen molar-refractivity contribution in [3.63, 3.8) is 0 Å². The molecule has 0 spiro atoms. The van der Waals surface area contributed by atoms with Crippen molar-refractivity contribution < 1.29 is 31.5 Å². The number of rotatable bonds is 6. The highest BCUT2D eigenvalue weighted by atomic mass is 32.2. The quantitative estimate of drug-likeness (QED) is 0.518. The van der Waals surface area contributed by atoms with E-state index in [0.29, 0.717) is 6.07 Å². The molecule has 1 aromatic heterocycles. The number of carbonyl (C=O) groups excluding carboxylic acids is 2. The van der Waals surface area contributed by atoms with Crippen molar-refractivity contribution in [2.45, 2.75) is 25.3 Å². The zero-order chi connectivity index (χ0) is 22.8. The van der Waals surface area contributed by atoms with Gasteiger partial charge in [0.25, 0.3) is 5.91 Å². The number of hydrogen-bond donors (Lipinski definition) is 0. The molecule has 0 saturated carbocycles. The Bertz CT molecular complexity index is 1340. The van der Waals surface area contributed by atoms with E-state index in [1.807, 2.05) is 0 Å². The van der Waals surface area contributed by atoms with Gasteiger partial charge in [0.15, 0.2) is 20.5 Å². The summed E-state index contributed by atoms with van der Waals surface area (Å²) in [4.78, 5) is 28.6. The van der Waals surface area contributed by atoms with Gasteiger partial charge < -0.3 is 9.30 Å². The van der Waals surface area contributed by atoms with Crippen LogP contribution in [-0.4, -0.2) is 37.2 Å². The van der Waals surface area contributed by atoms with Gasteiger partial charge in [0.2, 0.25) is 0 Å². The lowest BCUT2D eigenvalue weighted by atomic mass is 10.2. The highest BCUT2D eigenvalue weighted by Crippen LogP contribution is 2.23. The van der Waals surface area contributed by atoms with E-state index in [1.165, 1.54) is 31.2 Å². The first-order chi connectivity index (χ1) is 14.7. The lowest BCUT2D eigenvalue weighted by Crippen LogP contribution is -2.23. The summed E-state index contributed by atoms with van der Waals surface area (Å²) in [6, 6.07) is 7.31. The Balaban J connectivity index is 2.22. The number of amides is 1. The molecule has 3 aromatic rings. The second-order valence-electron chi connectivity index (χ2n) is 6.33. The first-order valence-corrected chi connectivity index (χ1v) is 11.7. The minimum atomic E-state index is -3.71. The lowest BCUT2D eigenvalue weighted by Gasteiger charge is -2.07. The first-order valence-electron chi connectivity index (χ1n) is 9.22. The molecule has 0 aliphatic carbocycles. The van der Waals surface area contributed by atoms with Gasteiger partial charge in [-0.3, -0.25) is 9.59 Å². The topological polar surface area (TPSA) is 94.8 Å². The Hall–Kier alpha value is -2.92. The van der Waals surface area contributed by atoms with E-state index in [-0.39, 0.29) is 37.8 Å². The number of carbonyl (C=O) groups is 2. The third kappa shape index (κ3) is 4.72. The fourth-order valence-electron chi connectivity index (χ4n) is 2.91. The Morgan fingerprint density at radius 2 is 1.87 bits per heavy atom. The maximum atomic E-state index is 14.5. The molecule has 1 amide bonds. The molecule has 0 N–H and O–H groups in total. The summed E-state index contributed by atoms with van der Waals surface area (Å²) in [6.45, 7) is 2.68. The summed E-state index contributed by atoms with van der Waals surface area (Å²) in [5.74, 6) is -3.57. The standard InChI is InChI=1S/C20H18F2N2O5S2/c1-3-29-17(25)11-24-18-14(22)9-12(21)10-15(18)30-20(24)23-19(26)13-7-5-6-8-16(13)31(27,28)4-2/h5-10H,3-4,11H2,1-2H3. The van der Waals surface area contributed by atoms with Crippen molar-refractivity contribution in [2.75, 3.05) is 12.4 Å². The molecule has 0 aliphatic heterocycles. The molecule has 0 saturated heterocycles. The minimum absolute atomic E-state index is 0.0895. The summed E-state index contributed by atoms with van der Waals surface area (Å²) in [6.07, 6.45) is 0. The number of thiazole rings is 1. The number of esters is 1. The van der Waals surface area contributed by atoms with Crippen LogP contribution in [0.5, 0.6) is 0 Å². The SMILES string of the molecule is CCOC(=O)Cn1c(=NC(=O)c2ccccc2S(=O)(=O)CC)sc2cc(F)cc(F)c21.